The van der Waals surface area contributed by atoms with Gasteiger partial charge in [-0.25, -0.2) is 8.42 Å². The zero-order chi connectivity index (χ0) is 25.2. The first-order valence-corrected chi connectivity index (χ1v) is 12.5. The fourth-order valence-electron chi connectivity index (χ4n) is 3.80. The molecule has 3 aromatic rings. The van der Waals surface area contributed by atoms with Crippen LogP contribution in [0.1, 0.15) is 15.9 Å². The summed E-state index contributed by atoms with van der Waals surface area (Å²) < 4.78 is 67.0. The van der Waals surface area contributed by atoms with E-state index in [2.05, 4.69) is 10.2 Å². The molecular weight excluding hydrogens is 503 g/mol. The fourth-order valence-corrected chi connectivity index (χ4v) is 5.49. The Bertz CT molecular complexity index is 1330. The van der Waals surface area contributed by atoms with Gasteiger partial charge in [0.05, 0.1) is 15.5 Å². The van der Waals surface area contributed by atoms with Crippen molar-refractivity contribution in [3.63, 3.8) is 0 Å². The molecule has 6 nitrogen and oxygen atoms in total. The van der Waals surface area contributed by atoms with Crippen molar-refractivity contribution < 1.29 is 26.4 Å². The zero-order valence-electron chi connectivity index (χ0n) is 18.3. The molecule has 4 rings (SSSR count). The third-order valence-corrected chi connectivity index (χ3v) is 7.85. The number of nitrogens with one attached hydrogen (secondary N) is 1. The number of nitrogens with zero attached hydrogens (tertiary/aromatic N) is 2. The first-order valence-electron chi connectivity index (χ1n) is 10.6. The molecule has 35 heavy (non-hydrogen) atoms. The van der Waals surface area contributed by atoms with E-state index in [1.54, 1.807) is 0 Å². The second-order valence-corrected chi connectivity index (χ2v) is 10.2. The highest BCUT2D eigenvalue weighted by Crippen LogP contribution is 2.36. The lowest BCUT2D eigenvalue weighted by molar-refractivity contribution is -0.137. The average Bonchev–Trinajstić information content (AvgIpc) is 2.85. The van der Waals surface area contributed by atoms with E-state index < -0.39 is 32.7 Å². The number of halogens is 4. The van der Waals surface area contributed by atoms with Gasteiger partial charge in [0, 0.05) is 43.1 Å². The second kappa shape index (κ2) is 9.88. The Hall–Kier alpha value is -3.08. The highest BCUT2D eigenvalue weighted by atomic mass is 35.5. The van der Waals surface area contributed by atoms with E-state index in [9.17, 15) is 26.4 Å². The predicted molar refractivity (Wildman–Crippen MR) is 128 cm³/mol. The van der Waals surface area contributed by atoms with Gasteiger partial charge in [-0.15, -0.1) is 0 Å². The Balaban J connectivity index is 1.48. The van der Waals surface area contributed by atoms with Gasteiger partial charge >= 0.3 is 6.18 Å². The number of rotatable bonds is 5. The monoisotopic (exact) mass is 523 g/mol. The molecule has 0 spiro atoms. The topological polar surface area (TPSA) is 69.7 Å². The van der Waals surface area contributed by atoms with E-state index in [1.807, 2.05) is 30.3 Å². The standard InChI is InChI=1S/C24H21ClF3N3O3S/c25-22-10-9-18(16-21(22)24(26,27)28)29-23(32)17-5-4-8-20(15-17)35(33,34)31-13-11-30(12-14-31)19-6-2-1-3-7-19/h1-10,15-16H,11-14H2,(H,29,32). The average molecular weight is 524 g/mol. The Kier molecular flexibility index (Phi) is 7.07. The smallest absolute Gasteiger partial charge is 0.369 e. The van der Waals surface area contributed by atoms with Crippen molar-refractivity contribution in [3.8, 4) is 0 Å². The lowest BCUT2D eigenvalue weighted by atomic mass is 10.1. The first-order chi connectivity index (χ1) is 16.6. The van der Waals surface area contributed by atoms with Crippen molar-refractivity contribution in [1.29, 1.82) is 0 Å². The highest BCUT2D eigenvalue weighted by molar-refractivity contribution is 7.89. The number of carbonyl (C=O) groups is 1. The minimum absolute atomic E-state index is 0.00231. The van der Waals surface area contributed by atoms with E-state index in [1.165, 1.54) is 34.6 Å². The summed E-state index contributed by atoms with van der Waals surface area (Å²) in [5, 5.41) is 1.88. The van der Waals surface area contributed by atoms with Crippen LogP contribution in [-0.2, 0) is 16.2 Å². The molecule has 1 N–H and O–H groups in total. The molecule has 0 radical (unpaired) electrons. The molecule has 0 atom stereocenters. The summed E-state index contributed by atoms with van der Waals surface area (Å²) in [6.07, 6.45) is -4.68. The summed E-state index contributed by atoms with van der Waals surface area (Å²) in [6.45, 7) is 1.58. The van der Waals surface area contributed by atoms with Crippen LogP contribution in [0.25, 0.3) is 0 Å². The molecule has 1 heterocycles. The third kappa shape index (κ3) is 5.61. The molecule has 1 saturated heterocycles. The maximum absolute atomic E-state index is 13.2. The van der Waals surface area contributed by atoms with Crippen LogP contribution in [0.5, 0.6) is 0 Å². The Morgan fingerprint density at radius 1 is 0.886 bits per heavy atom. The summed E-state index contributed by atoms with van der Waals surface area (Å²) in [7, 11) is -3.87. The molecule has 0 aromatic heterocycles. The quantitative estimate of drug-likeness (QED) is 0.504. The van der Waals surface area contributed by atoms with Gasteiger partial charge in [-0.3, -0.25) is 4.79 Å². The van der Waals surface area contributed by atoms with Crippen LogP contribution in [0.4, 0.5) is 24.5 Å². The molecule has 1 fully saturated rings. The summed E-state index contributed by atoms with van der Waals surface area (Å²) >= 11 is 5.62. The number of anilines is 2. The molecular formula is C24H21ClF3N3O3S. The molecule has 1 aliphatic heterocycles. The molecule has 0 saturated carbocycles. The number of hydrogen-bond donors (Lipinski definition) is 1. The van der Waals surface area contributed by atoms with E-state index in [4.69, 9.17) is 11.6 Å². The van der Waals surface area contributed by atoms with E-state index in [0.717, 1.165) is 17.8 Å². The summed E-state index contributed by atoms with van der Waals surface area (Å²) in [4.78, 5) is 14.7. The summed E-state index contributed by atoms with van der Waals surface area (Å²) in [5.41, 5.74) is -0.184. The van der Waals surface area contributed by atoms with Crippen LogP contribution in [0.3, 0.4) is 0 Å². The number of sulfonamides is 1. The van der Waals surface area contributed by atoms with Gasteiger partial charge in [-0.1, -0.05) is 35.9 Å². The lowest BCUT2D eigenvalue weighted by Gasteiger charge is -2.35. The molecule has 184 valence electrons. The second-order valence-electron chi connectivity index (χ2n) is 7.90. The van der Waals surface area contributed by atoms with Crippen molar-refractivity contribution in [1.82, 2.24) is 4.31 Å². The maximum Gasteiger partial charge on any atom is 0.417 e. The van der Waals surface area contributed by atoms with Gasteiger partial charge in [0.15, 0.2) is 0 Å². The fraction of sp³-hybridized carbons (Fsp3) is 0.208. The van der Waals surface area contributed by atoms with Crippen LogP contribution in [0.2, 0.25) is 5.02 Å². The normalized spacial score (nSPS) is 15.1. The Morgan fingerprint density at radius 2 is 1.57 bits per heavy atom. The molecule has 0 unspecified atom stereocenters. The van der Waals surface area contributed by atoms with Crippen molar-refractivity contribution in [3.05, 3.63) is 88.9 Å². The lowest BCUT2D eigenvalue weighted by Crippen LogP contribution is -2.48. The van der Waals surface area contributed by atoms with Gasteiger partial charge < -0.3 is 10.2 Å². The summed E-state index contributed by atoms with van der Waals surface area (Å²) in [6, 6.07) is 18.1. The van der Waals surface area contributed by atoms with E-state index >= 15 is 0 Å². The van der Waals surface area contributed by atoms with Gasteiger partial charge in [0.25, 0.3) is 5.91 Å². The van der Waals surface area contributed by atoms with Gasteiger partial charge in [0.1, 0.15) is 0 Å². The van der Waals surface area contributed by atoms with Crippen LogP contribution in [0, 0.1) is 0 Å². The third-order valence-electron chi connectivity index (χ3n) is 5.62. The predicted octanol–water partition coefficient (Wildman–Crippen LogP) is 5.12. The van der Waals surface area contributed by atoms with E-state index in [-0.39, 0.29) is 29.2 Å². The largest absolute Gasteiger partial charge is 0.417 e. The molecule has 1 amide bonds. The van der Waals surface area contributed by atoms with Crippen molar-refractivity contribution in [2.75, 3.05) is 36.4 Å². The summed E-state index contributed by atoms with van der Waals surface area (Å²) in [5.74, 6) is -0.744. The van der Waals surface area contributed by atoms with Gasteiger partial charge in [-0.2, -0.15) is 17.5 Å². The van der Waals surface area contributed by atoms with Crippen LogP contribution in [0.15, 0.2) is 77.7 Å². The van der Waals surface area contributed by atoms with Crippen LogP contribution >= 0.6 is 11.6 Å². The number of carbonyl (C=O) groups excluding carboxylic acids is 1. The molecule has 3 aromatic carbocycles. The van der Waals surface area contributed by atoms with Crippen LogP contribution in [-0.4, -0.2) is 44.8 Å². The van der Waals surface area contributed by atoms with Crippen molar-refractivity contribution in [2.45, 2.75) is 11.1 Å². The van der Waals surface area contributed by atoms with E-state index in [0.29, 0.717) is 13.1 Å². The maximum atomic E-state index is 13.2. The number of amides is 1. The Labute approximate surface area is 206 Å². The minimum atomic E-state index is -4.68. The van der Waals surface area contributed by atoms with Crippen LogP contribution < -0.4 is 10.2 Å². The zero-order valence-corrected chi connectivity index (χ0v) is 19.9. The van der Waals surface area contributed by atoms with Crippen molar-refractivity contribution >= 4 is 38.9 Å². The molecule has 0 bridgehead atoms. The number of benzene rings is 3. The highest BCUT2D eigenvalue weighted by Gasteiger charge is 2.33. The SMILES string of the molecule is O=C(Nc1ccc(Cl)c(C(F)(F)F)c1)c1cccc(S(=O)(=O)N2CCN(c3ccccc3)CC2)c1. The van der Waals surface area contributed by atoms with Gasteiger partial charge in [-0.05, 0) is 48.5 Å². The molecule has 1 aliphatic rings. The van der Waals surface area contributed by atoms with Gasteiger partial charge in [0.2, 0.25) is 10.0 Å². The molecule has 0 aliphatic carbocycles. The Morgan fingerprint density at radius 3 is 2.23 bits per heavy atom. The first kappa shape index (κ1) is 25.0. The molecule has 11 heteroatoms. The number of piperazine rings is 1. The number of hydrogen-bond acceptors (Lipinski definition) is 4. The minimum Gasteiger partial charge on any atom is -0.369 e. The number of alkyl halides is 3. The number of para-hydroxylation sites is 1. The van der Waals surface area contributed by atoms with Crippen molar-refractivity contribution in [2.24, 2.45) is 0 Å².